The van der Waals surface area contributed by atoms with Crippen LogP contribution in [0.3, 0.4) is 0 Å². The van der Waals surface area contributed by atoms with Crippen LogP contribution in [0.4, 0.5) is 0 Å². The molecular formula is C9H13NO. The largest absolute Gasteiger partial charge is 0.387 e. The number of aliphatic hydroxyl groups is 1. The minimum atomic E-state index is -0.408. The molecule has 0 amide bonds. The van der Waals surface area contributed by atoms with Gasteiger partial charge in [0.2, 0.25) is 0 Å². The lowest BCUT2D eigenvalue weighted by atomic mass is 10.2. The van der Waals surface area contributed by atoms with Crippen LogP contribution in [-0.4, -0.2) is 10.1 Å². The van der Waals surface area contributed by atoms with Gasteiger partial charge in [-0.3, -0.25) is 4.98 Å². The normalized spacial score (nSPS) is 13.0. The van der Waals surface area contributed by atoms with Gasteiger partial charge < -0.3 is 5.11 Å². The highest BCUT2D eigenvalue weighted by Gasteiger charge is 2.04. The molecule has 1 aromatic rings. The number of aromatic nitrogens is 1. The van der Waals surface area contributed by atoms with Crippen molar-refractivity contribution in [3.05, 3.63) is 29.6 Å². The predicted molar refractivity (Wildman–Crippen MR) is 44.2 cm³/mol. The molecule has 0 aliphatic carbocycles. The Morgan fingerprint density at radius 2 is 2.27 bits per heavy atom. The van der Waals surface area contributed by atoms with Crippen molar-refractivity contribution in [2.24, 2.45) is 0 Å². The van der Waals surface area contributed by atoms with Crippen LogP contribution >= 0.6 is 0 Å². The Bertz CT molecular complexity index is 235. The number of rotatable bonds is 2. The van der Waals surface area contributed by atoms with Crippen molar-refractivity contribution in [3.8, 4) is 0 Å². The van der Waals surface area contributed by atoms with E-state index < -0.39 is 6.10 Å². The summed E-state index contributed by atoms with van der Waals surface area (Å²) in [7, 11) is 0. The first-order valence-electron chi connectivity index (χ1n) is 3.85. The van der Waals surface area contributed by atoms with E-state index in [9.17, 15) is 5.11 Å². The van der Waals surface area contributed by atoms with Gasteiger partial charge in [0.1, 0.15) is 0 Å². The zero-order chi connectivity index (χ0) is 8.27. The van der Waals surface area contributed by atoms with Crippen LogP contribution in [0.25, 0.3) is 0 Å². The summed E-state index contributed by atoms with van der Waals surface area (Å²) in [5.41, 5.74) is 1.72. The van der Waals surface area contributed by atoms with Crippen molar-refractivity contribution in [2.75, 3.05) is 0 Å². The van der Waals surface area contributed by atoms with Crippen LogP contribution in [0.5, 0.6) is 0 Å². The van der Waals surface area contributed by atoms with E-state index in [1.807, 2.05) is 32.0 Å². The Labute approximate surface area is 66.9 Å². The molecule has 1 N–H and O–H groups in total. The van der Waals surface area contributed by atoms with Crippen LogP contribution in [0.15, 0.2) is 18.2 Å². The molecule has 0 spiro atoms. The van der Waals surface area contributed by atoms with Crippen molar-refractivity contribution in [3.63, 3.8) is 0 Å². The van der Waals surface area contributed by atoms with E-state index in [4.69, 9.17) is 0 Å². The maximum atomic E-state index is 9.39. The summed E-state index contributed by atoms with van der Waals surface area (Å²) in [5.74, 6) is 0. The zero-order valence-electron chi connectivity index (χ0n) is 6.91. The fraction of sp³-hybridized carbons (Fsp3) is 0.444. The first kappa shape index (κ1) is 8.21. The molecule has 0 saturated carbocycles. The van der Waals surface area contributed by atoms with Gasteiger partial charge in [-0.1, -0.05) is 13.0 Å². The minimum absolute atomic E-state index is 0.408. The van der Waals surface area contributed by atoms with Crippen molar-refractivity contribution in [1.82, 2.24) is 4.98 Å². The molecule has 0 aliphatic rings. The fourth-order valence-electron chi connectivity index (χ4n) is 0.959. The lowest BCUT2D eigenvalue weighted by molar-refractivity contribution is 0.168. The third-order valence-electron chi connectivity index (χ3n) is 1.64. The van der Waals surface area contributed by atoms with E-state index in [0.717, 1.165) is 17.8 Å². The van der Waals surface area contributed by atoms with E-state index in [0.29, 0.717) is 0 Å². The Hall–Kier alpha value is -0.890. The van der Waals surface area contributed by atoms with Gasteiger partial charge in [-0.25, -0.2) is 0 Å². The molecule has 1 heterocycles. The summed E-state index contributed by atoms with van der Waals surface area (Å²) in [4.78, 5) is 4.19. The number of hydrogen-bond acceptors (Lipinski definition) is 2. The number of aryl methyl sites for hydroxylation is 1. The Kier molecular flexibility index (Phi) is 2.60. The minimum Gasteiger partial charge on any atom is -0.387 e. The molecule has 0 radical (unpaired) electrons. The van der Waals surface area contributed by atoms with Gasteiger partial charge in [-0.05, 0) is 25.5 Å². The highest BCUT2D eigenvalue weighted by molar-refractivity contribution is 5.11. The molecule has 0 aliphatic heterocycles. The van der Waals surface area contributed by atoms with Crippen LogP contribution < -0.4 is 0 Å². The average molecular weight is 151 g/mol. The summed E-state index contributed by atoms with van der Waals surface area (Å²) in [5, 5.41) is 9.39. The number of pyridine rings is 1. The first-order valence-corrected chi connectivity index (χ1v) is 3.85. The molecule has 1 unspecified atom stereocenters. The third-order valence-corrected chi connectivity index (χ3v) is 1.64. The Balaban J connectivity index is 2.86. The van der Waals surface area contributed by atoms with Gasteiger partial charge in [-0.15, -0.1) is 0 Å². The maximum absolute atomic E-state index is 9.39. The summed E-state index contributed by atoms with van der Waals surface area (Å²) in [6.45, 7) is 3.86. The summed E-state index contributed by atoms with van der Waals surface area (Å²) >= 11 is 0. The van der Waals surface area contributed by atoms with E-state index in [1.54, 1.807) is 0 Å². The van der Waals surface area contributed by atoms with Gasteiger partial charge in [0, 0.05) is 5.69 Å². The van der Waals surface area contributed by atoms with Crippen LogP contribution in [0, 0.1) is 6.92 Å². The Morgan fingerprint density at radius 1 is 1.55 bits per heavy atom. The summed E-state index contributed by atoms with van der Waals surface area (Å²) in [6.07, 6.45) is 0.311. The molecule has 1 rings (SSSR count). The molecule has 60 valence electrons. The highest BCUT2D eigenvalue weighted by atomic mass is 16.3. The second kappa shape index (κ2) is 3.49. The molecule has 0 aromatic carbocycles. The molecule has 2 heteroatoms. The first-order chi connectivity index (χ1) is 5.24. The van der Waals surface area contributed by atoms with Crippen molar-refractivity contribution < 1.29 is 5.11 Å². The van der Waals surface area contributed by atoms with Crippen LogP contribution in [-0.2, 0) is 0 Å². The second-order valence-electron chi connectivity index (χ2n) is 2.63. The van der Waals surface area contributed by atoms with Crippen molar-refractivity contribution in [1.29, 1.82) is 0 Å². The molecule has 2 nitrogen and oxygen atoms in total. The molecule has 0 fully saturated rings. The zero-order valence-corrected chi connectivity index (χ0v) is 6.91. The maximum Gasteiger partial charge on any atom is 0.0957 e. The topological polar surface area (TPSA) is 33.1 Å². The van der Waals surface area contributed by atoms with E-state index in [-0.39, 0.29) is 0 Å². The van der Waals surface area contributed by atoms with Gasteiger partial charge in [0.25, 0.3) is 0 Å². The van der Waals surface area contributed by atoms with Gasteiger partial charge in [0.05, 0.1) is 11.8 Å². The number of aliphatic hydroxyl groups excluding tert-OH is 1. The highest BCUT2D eigenvalue weighted by Crippen LogP contribution is 2.12. The average Bonchev–Trinajstić information content (AvgIpc) is 2.03. The molecule has 0 bridgehead atoms. The SMILES string of the molecule is CCC(O)c1cccc(C)n1. The lowest BCUT2D eigenvalue weighted by Crippen LogP contribution is -1.98. The number of hydrogen-bond donors (Lipinski definition) is 1. The molecule has 1 aromatic heterocycles. The standard InChI is InChI=1S/C9H13NO/c1-3-9(11)8-6-4-5-7(2)10-8/h4-6,9,11H,3H2,1-2H3. The molecule has 0 saturated heterocycles. The fourth-order valence-corrected chi connectivity index (χ4v) is 0.959. The lowest BCUT2D eigenvalue weighted by Gasteiger charge is -2.06. The van der Waals surface area contributed by atoms with E-state index >= 15 is 0 Å². The Morgan fingerprint density at radius 3 is 2.82 bits per heavy atom. The molecular weight excluding hydrogens is 138 g/mol. The quantitative estimate of drug-likeness (QED) is 0.699. The van der Waals surface area contributed by atoms with Crippen molar-refractivity contribution >= 4 is 0 Å². The molecule has 1 atom stereocenters. The van der Waals surface area contributed by atoms with Crippen LogP contribution in [0.2, 0.25) is 0 Å². The monoisotopic (exact) mass is 151 g/mol. The third kappa shape index (κ3) is 2.02. The van der Waals surface area contributed by atoms with Gasteiger partial charge >= 0.3 is 0 Å². The summed E-state index contributed by atoms with van der Waals surface area (Å²) in [6, 6.07) is 5.68. The van der Waals surface area contributed by atoms with Crippen molar-refractivity contribution in [2.45, 2.75) is 26.4 Å². The van der Waals surface area contributed by atoms with Gasteiger partial charge in [0.15, 0.2) is 0 Å². The van der Waals surface area contributed by atoms with Gasteiger partial charge in [-0.2, -0.15) is 0 Å². The van der Waals surface area contributed by atoms with Crippen LogP contribution in [0.1, 0.15) is 30.8 Å². The van der Waals surface area contributed by atoms with E-state index in [1.165, 1.54) is 0 Å². The summed E-state index contributed by atoms with van der Waals surface area (Å²) < 4.78 is 0. The second-order valence-corrected chi connectivity index (χ2v) is 2.63. The predicted octanol–water partition coefficient (Wildman–Crippen LogP) is 1.83. The molecule has 11 heavy (non-hydrogen) atoms. The van der Waals surface area contributed by atoms with E-state index in [2.05, 4.69) is 4.98 Å². The smallest absolute Gasteiger partial charge is 0.0957 e. The number of nitrogens with zero attached hydrogens (tertiary/aromatic N) is 1.